The Bertz CT molecular complexity index is 990. The quantitative estimate of drug-likeness (QED) is 0.305. The molecule has 37 heavy (non-hydrogen) atoms. The topological polar surface area (TPSA) is 69.7 Å². The van der Waals surface area contributed by atoms with E-state index in [0.717, 1.165) is 37.5 Å². The molecule has 1 spiro atoms. The molecule has 15 atom stereocenters. The van der Waals surface area contributed by atoms with Gasteiger partial charge >= 0.3 is 17.9 Å². The Balaban J connectivity index is 0.000000800. The normalized spacial score (nSPS) is 56.4. The van der Waals surface area contributed by atoms with E-state index in [1.807, 2.05) is 0 Å². The monoisotopic (exact) mass is 516 g/mol. The van der Waals surface area contributed by atoms with Crippen molar-refractivity contribution in [2.45, 2.75) is 101 Å². The fourth-order valence-corrected chi connectivity index (χ4v) is 12.0. The van der Waals surface area contributed by atoms with Gasteiger partial charge in [-0.2, -0.15) is 0 Å². The first kappa shape index (κ1) is 28.6. The number of ether oxygens (including phenoxy) is 2. The van der Waals surface area contributed by atoms with Gasteiger partial charge in [-0.05, 0) is 111 Å². The van der Waals surface area contributed by atoms with Gasteiger partial charge in [0.1, 0.15) is 5.60 Å². The molecule has 8 aliphatic rings. The van der Waals surface area contributed by atoms with E-state index in [2.05, 4.69) is 20.8 Å². The van der Waals surface area contributed by atoms with Gasteiger partial charge in [-0.3, -0.25) is 14.4 Å². The van der Waals surface area contributed by atoms with Crippen LogP contribution in [0.4, 0.5) is 0 Å². The van der Waals surface area contributed by atoms with Gasteiger partial charge in [0, 0.05) is 5.41 Å². The lowest BCUT2D eigenvalue weighted by Gasteiger charge is -2.53. The van der Waals surface area contributed by atoms with Crippen molar-refractivity contribution in [3.05, 3.63) is 0 Å². The SMILES string of the molecule is C.C.C.C.CC1C2CC(C(=O)OC3(C)CC4CCC5CC453)C(C2)C1C1C(C)C2CC1C1C(=O)OC(=O)C21. The van der Waals surface area contributed by atoms with Crippen LogP contribution in [-0.2, 0) is 23.9 Å². The molecule has 210 valence electrons. The van der Waals surface area contributed by atoms with Gasteiger partial charge in [-0.15, -0.1) is 0 Å². The van der Waals surface area contributed by atoms with Crippen LogP contribution in [0.2, 0.25) is 0 Å². The molecule has 0 aromatic carbocycles. The first-order chi connectivity index (χ1) is 15.7. The van der Waals surface area contributed by atoms with Gasteiger partial charge in [-0.25, -0.2) is 0 Å². The summed E-state index contributed by atoms with van der Waals surface area (Å²) in [7, 11) is 0. The van der Waals surface area contributed by atoms with E-state index in [1.54, 1.807) is 0 Å². The van der Waals surface area contributed by atoms with Gasteiger partial charge in [-0.1, -0.05) is 43.6 Å². The van der Waals surface area contributed by atoms with Crippen molar-refractivity contribution < 1.29 is 23.9 Å². The van der Waals surface area contributed by atoms with Crippen LogP contribution < -0.4 is 0 Å². The predicted molar refractivity (Wildman–Crippen MR) is 144 cm³/mol. The lowest BCUT2D eigenvalue weighted by Crippen LogP contribution is -2.56. The number of cyclic esters (lactones) is 2. The average Bonchev–Trinajstić information content (AvgIpc) is 3.25. The third-order valence-corrected chi connectivity index (χ3v) is 13.3. The summed E-state index contributed by atoms with van der Waals surface area (Å²) in [6.07, 6.45) is 8.12. The second-order valence-electron chi connectivity index (χ2n) is 13.8. The van der Waals surface area contributed by atoms with Gasteiger partial charge < -0.3 is 9.47 Å². The minimum absolute atomic E-state index is 0. The Labute approximate surface area is 225 Å². The van der Waals surface area contributed by atoms with Crippen LogP contribution in [0.15, 0.2) is 0 Å². The first-order valence-electron chi connectivity index (χ1n) is 13.7. The molecule has 0 aromatic rings. The molecular formula is C32H52O5. The second-order valence-corrected chi connectivity index (χ2v) is 13.8. The van der Waals surface area contributed by atoms with Crippen molar-refractivity contribution >= 4 is 17.9 Å². The standard InChI is InChI=1S/C28H36O5.4CH4/c1-11-13-6-17(18(7-13)24(29)33-27(3)9-14-4-5-15-10-28(14,15)27)20(11)21-12(2)16-8-19(21)23-22(16)25(30)32-26(23)31;;;;/h11-23H,4-10H2,1-3H3;4*1H4. The Morgan fingerprint density at radius 1 is 0.811 bits per heavy atom. The van der Waals surface area contributed by atoms with Crippen LogP contribution in [0, 0.1) is 82.3 Å². The van der Waals surface area contributed by atoms with Gasteiger partial charge in [0.25, 0.3) is 0 Å². The number of esters is 3. The highest BCUT2D eigenvalue weighted by atomic mass is 16.6. The molecular weight excluding hydrogens is 464 g/mol. The van der Waals surface area contributed by atoms with E-state index in [4.69, 9.17) is 9.47 Å². The Morgan fingerprint density at radius 2 is 1.41 bits per heavy atom. The van der Waals surface area contributed by atoms with Gasteiger partial charge in [0.05, 0.1) is 17.8 Å². The molecule has 8 fully saturated rings. The molecule has 5 heteroatoms. The zero-order valence-electron chi connectivity index (χ0n) is 20.0. The highest BCUT2D eigenvalue weighted by Crippen LogP contribution is 2.81. The summed E-state index contributed by atoms with van der Waals surface area (Å²) in [6.45, 7) is 6.91. The Morgan fingerprint density at radius 3 is 2.00 bits per heavy atom. The van der Waals surface area contributed by atoms with Gasteiger partial charge in [0.15, 0.2) is 0 Å². The molecule has 15 unspecified atom stereocenters. The first-order valence-corrected chi connectivity index (χ1v) is 13.7. The maximum absolute atomic E-state index is 13.6. The molecule has 1 aliphatic heterocycles. The van der Waals surface area contributed by atoms with E-state index in [9.17, 15) is 14.4 Å². The third-order valence-electron chi connectivity index (χ3n) is 13.3. The summed E-state index contributed by atoms with van der Waals surface area (Å²) in [6, 6.07) is 0. The molecule has 5 nitrogen and oxygen atoms in total. The summed E-state index contributed by atoms with van der Waals surface area (Å²) in [5, 5.41) is 0. The highest BCUT2D eigenvalue weighted by Gasteiger charge is 2.79. The van der Waals surface area contributed by atoms with Crippen LogP contribution in [0.3, 0.4) is 0 Å². The van der Waals surface area contributed by atoms with E-state index < -0.39 is 0 Å². The maximum atomic E-state index is 13.6. The highest BCUT2D eigenvalue weighted by molar-refractivity contribution is 5.97. The molecule has 1 saturated heterocycles. The summed E-state index contributed by atoms with van der Waals surface area (Å²) in [4.78, 5) is 38.5. The molecule has 7 aliphatic carbocycles. The lowest BCUT2D eigenvalue weighted by atomic mass is 9.58. The Kier molecular flexibility index (Phi) is 6.61. The largest absolute Gasteiger partial charge is 0.459 e. The van der Waals surface area contributed by atoms with Crippen LogP contribution in [0.25, 0.3) is 0 Å². The Hall–Kier alpha value is -1.39. The molecule has 8 rings (SSSR count). The van der Waals surface area contributed by atoms with Crippen LogP contribution in [-0.4, -0.2) is 23.5 Å². The molecule has 0 amide bonds. The number of hydrogen-bond acceptors (Lipinski definition) is 5. The zero-order chi connectivity index (χ0) is 22.6. The smallest absolute Gasteiger partial charge is 0.317 e. The van der Waals surface area contributed by atoms with E-state index in [1.165, 1.54) is 19.3 Å². The molecule has 0 N–H and O–H groups in total. The minimum Gasteiger partial charge on any atom is -0.459 e. The second kappa shape index (κ2) is 8.55. The van der Waals surface area contributed by atoms with Crippen molar-refractivity contribution in [1.29, 1.82) is 0 Å². The summed E-state index contributed by atoms with van der Waals surface area (Å²) < 4.78 is 11.5. The summed E-state index contributed by atoms with van der Waals surface area (Å²) in [5.41, 5.74) is 0.107. The van der Waals surface area contributed by atoms with Crippen molar-refractivity contribution in [2.75, 3.05) is 0 Å². The molecule has 0 radical (unpaired) electrons. The van der Waals surface area contributed by atoms with Crippen molar-refractivity contribution in [1.82, 2.24) is 0 Å². The zero-order valence-corrected chi connectivity index (χ0v) is 20.0. The number of rotatable bonds is 3. The fourth-order valence-electron chi connectivity index (χ4n) is 12.0. The van der Waals surface area contributed by atoms with E-state index in [-0.39, 0.29) is 82.8 Å². The molecule has 0 aromatic heterocycles. The molecule has 7 saturated carbocycles. The van der Waals surface area contributed by atoms with Gasteiger partial charge in [0.2, 0.25) is 0 Å². The number of carbonyl (C=O) groups is 3. The van der Waals surface area contributed by atoms with E-state index >= 15 is 0 Å². The van der Waals surface area contributed by atoms with Crippen molar-refractivity contribution in [3.8, 4) is 0 Å². The molecule has 1 heterocycles. The number of carbonyl (C=O) groups excluding carboxylic acids is 3. The third kappa shape index (κ3) is 3.06. The lowest BCUT2D eigenvalue weighted by molar-refractivity contribution is -0.204. The minimum atomic E-state index is -0.276. The van der Waals surface area contributed by atoms with Crippen LogP contribution >= 0.6 is 0 Å². The van der Waals surface area contributed by atoms with E-state index in [0.29, 0.717) is 40.9 Å². The van der Waals surface area contributed by atoms with Crippen LogP contribution in [0.5, 0.6) is 0 Å². The molecule has 4 bridgehead atoms. The van der Waals surface area contributed by atoms with Crippen molar-refractivity contribution in [2.24, 2.45) is 82.3 Å². The number of fused-ring (bicyclic) bond motifs is 7. The fraction of sp³-hybridized carbons (Fsp3) is 0.906. The average molecular weight is 517 g/mol. The van der Waals surface area contributed by atoms with Crippen LogP contribution in [0.1, 0.15) is 95.4 Å². The predicted octanol–water partition coefficient (Wildman–Crippen LogP) is 6.78. The number of hydrogen-bond donors (Lipinski definition) is 0. The summed E-state index contributed by atoms with van der Waals surface area (Å²) in [5.74, 6) is 4.15. The maximum Gasteiger partial charge on any atom is 0.317 e. The van der Waals surface area contributed by atoms with Crippen molar-refractivity contribution in [3.63, 3.8) is 0 Å². The summed E-state index contributed by atoms with van der Waals surface area (Å²) >= 11 is 0.